The van der Waals surface area contributed by atoms with Gasteiger partial charge in [0.2, 0.25) is 10.0 Å². The molecule has 2 aliphatic heterocycles. The zero-order chi connectivity index (χ0) is 18.6. The summed E-state index contributed by atoms with van der Waals surface area (Å²) in [4.78, 5) is 12.7. The number of hydrogen-bond acceptors (Lipinski definition) is 3. The third-order valence-corrected chi connectivity index (χ3v) is 7.56. The van der Waals surface area contributed by atoms with Gasteiger partial charge in [0.1, 0.15) is 5.82 Å². The fourth-order valence-corrected chi connectivity index (χ4v) is 6.37. The molecule has 6 nitrogen and oxygen atoms in total. The molecule has 2 fully saturated rings. The van der Waals surface area contributed by atoms with Crippen LogP contribution in [0.2, 0.25) is 0 Å². The van der Waals surface area contributed by atoms with Crippen molar-refractivity contribution in [2.75, 3.05) is 13.1 Å². The average Bonchev–Trinajstić information content (AvgIpc) is 2.76. The van der Waals surface area contributed by atoms with Crippen LogP contribution in [0.5, 0.6) is 0 Å². The summed E-state index contributed by atoms with van der Waals surface area (Å²) in [5, 5.41) is 9.43. The molecule has 1 aromatic carbocycles. The van der Waals surface area contributed by atoms with Crippen LogP contribution in [0.15, 0.2) is 29.2 Å². The molecule has 8 heteroatoms. The van der Waals surface area contributed by atoms with E-state index >= 15 is 0 Å². The molecule has 2 saturated heterocycles. The van der Waals surface area contributed by atoms with E-state index in [2.05, 4.69) is 0 Å². The molecule has 2 unspecified atom stereocenters. The fourth-order valence-electron chi connectivity index (χ4n) is 4.19. The van der Waals surface area contributed by atoms with Gasteiger partial charge in [0.25, 0.3) is 0 Å². The zero-order valence-electron chi connectivity index (χ0n) is 14.6. The molecule has 0 aliphatic carbocycles. The van der Waals surface area contributed by atoms with Gasteiger partial charge in [0.15, 0.2) is 0 Å². The van der Waals surface area contributed by atoms with Crippen molar-refractivity contribution in [3.8, 4) is 0 Å². The molecule has 0 spiro atoms. The summed E-state index contributed by atoms with van der Waals surface area (Å²) in [7, 11) is -3.94. The van der Waals surface area contributed by atoms with Gasteiger partial charge in [-0.3, -0.25) is 0 Å². The second kappa shape index (κ2) is 5.67. The summed E-state index contributed by atoms with van der Waals surface area (Å²) < 4.78 is 41.7. The first kappa shape index (κ1) is 18.1. The quantitative estimate of drug-likeness (QED) is 0.868. The SMILES string of the molecule is CC(C)(C)C12CCC(CN(C(=O)O)C1)N2S(=O)(=O)c1cccc(F)c1. The van der Waals surface area contributed by atoms with E-state index in [0.29, 0.717) is 12.8 Å². The Bertz CT molecular complexity index is 805. The number of hydrogen-bond donors (Lipinski definition) is 1. The third kappa shape index (κ3) is 2.71. The number of benzene rings is 1. The first-order valence-corrected chi connectivity index (χ1v) is 9.71. The molecule has 0 aromatic heterocycles. The van der Waals surface area contributed by atoms with Gasteiger partial charge >= 0.3 is 6.09 Å². The van der Waals surface area contributed by atoms with Crippen LogP contribution in [-0.2, 0) is 10.0 Å². The lowest BCUT2D eigenvalue weighted by Crippen LogP contribution is -2.68. The molecule has 2 atom stereocenters. The average molecular weight is 370 g/mol. The first-order valence-electron chi connectivity index (χ1n) is 8.27. The Morgan fingerprint density at radius 2 is 2.04 bits per heavy atom. The Morgan fingerprint density at radius 3 is 2.60 bits per heavy atom. The van der Waals surface area contributed by atoms with Crippen molar-refractivity contribution in [1.29, 1.82) is 0 Å². The Hall–Kier alpha value is -1.67. The number of rotatable bonds is 2. The predicted molar refractivity (Wildman–Crippen MR) is 90.2 cm³/mol. The monoisotopic (exact) mass is 370 g/mol. The second-order valence-corrected chi connectivity index (χ2v) is 9.71. The summed E-state index contributed by atoms with van der Waals surface area (Å²) in [6.07, 6.45) is 0.137. The fraction of sp³-hybridized carbons (Fsp3) is 0.588. The maximum atomic E-state index is 13.6. The molecule has 2 bridgehead atoms. The van der Waals surface area contributed by atoms with Crippen LogP contribution in [-0.4, -0.2) is 53.5 Å². The Morgan fingerprint density at radius 1 is 1.36 bits per heavy atom. The number of amides is 1. The van der Waals surface area contributed by atoms with Crippen LogP contribution >= 0.6 is 0 Å². The van der Waals surface area contributed by atoms with Crippen molar-refractivity contribution in [3.63, 3.8) is 0 Å². The number of halogens is 1. The summed E-state index contributed by atoms with van der Waals surface area (Å²) in [5.74, 6) is -0.609. The Labute approximate surface area is 147 Å². The van der Waals surface area contributed by atoms with Crippen LogP contribution in [0, 0.1) is 11.2 Å². The summed E-state index contributed by atoms with van der Waals surface area (Å²) in [6, 6.07) is 4.56. The Balaban J connectivity index is 2.13. The highest BCUT2D eigenvalue weighted by molar-refractivity contribution is 7.89. The topological polar surface area (TPSA) is 77.9 Å². The standard InChI is InChI=1S/C17H23FN2O4S/c1-16(2,3)17-8-7-13(10-19(11-17)15(21)22)20(17)25(23,24)14-6-4-5-12(18)9-14/h4-6,9,13H,7-8,10-11H2,1-3H3,(H,21,22). The molecular weight excluding hydrogens is 347 g/mol. The van der Waals surface area contributed by atoms with E-state index in [1.54, 1.807) is 0 Å². The molecule has 2 aliphatic rings. The first-order chi connectivity index (χ1) is 11.5. The molecule has 1 amide bonds. The molecule has 3 rings (SSSR count). The molecule has 25 heavy (non-hydrogen) atoms. The molecule has 2 heterocycles. The number of likely N-dealkylation sites (tertiary alicyclic amines) is 1. The van der Waals surface area contributed by atoms with Gasteiger partial charge in [-0.25, -0.2) is 17.6 Å². The van der Waals surface area contributed by atoms with Gasteiger partial charge in [-0.2, -0.15) is 4.31 Å². The highest BCUT2D eigenvalue weighted by Gasteiger charge is 2.62. The minimum absolute atomic E-state index is 0.0863. The third-order valence-electron chi connectivity index (χ3n) is 5.55. The van der Waals surface area contributed by atoms with E-state index in [4.69, 9.17) is 0 Å². The lowest BCUT2D eigenvalue weighted by atomic mass is 9.72. The molecule has 1 aromatic rings. The summed E-state index contributed by atoms with van der Waals surface area (Å²) >= 11 is 0. The van der Waals surface area contributed by atoms with Crippen molar-refractivity contribution in [2.24, 2.45) is 5.41 Å². The van der Waals surface area contributed by atoms with Crippen molar-refractivity contribution in [3.05, 3.63) is 30.1 Å². The van der Waals surface area contributed by atoms with Gasteiger partial charge in [-0.1, -0.05) is 26.8 Å². The molecule has 0 saturated carbocycles. The van der Waals surface area contributed by atoms with Crippen molar-refractivity contribution >= 4 is 16.1 Å². The van der Waals surface area contributed by atoms with E-state index in [0.717, 1.165) is 6.07 Å². The van der Waals surface area contributed by atoms with E-state index in [1.165, 1.54) is 27.4 Å². The number of nitrogens with zero attached hydrogens (tertiary/aromatic N) is 2. The minimum atomic E-state index is -3.94. The Kier molecular flexibility index (Phi) is 4.11. The van der Waals surface area contributed by atoms with Crippen molar-refractivity contribution in [1.82, 2.24) is 9.21 Å². The van der Waals surface area contributed by atoms with E-state index in [9.17, 15) is 22.7 Å². The van der Waals surface area contributed by atoms with Crippen LogP contribution in [0.4, 0.5) is 9.18 Å². The molecular formula is C17H23FN2O4S. The molecule has 1 N–H and O–H groups in total. The van der Waals surface area contributed by atoms with Crippen molar-refractivity contribution in [2.45, 2.75) is 50.1 Å². The molecule has 138 valence electrons. The van der Waals surface area contributed by atoms with Gasteiger partial charge in [-0.15, -0.1) is 0 Å². The maximum absolute atomic E-state index is 13.6. The van der Waals surface area contributed by atoms with Crippen LogP contribution in [0.1, 0.15) is 33.6 Å². The highest BCUT2D eigenvalue weighted by atomic mass is 32.2. The lowest BCUT2D eigenvalue weighted by Gasteiger charge is -2.53. The number of carbonyl (C=O) groups is 1. The molecule has 0 radical (unpaired) electrons. The van der Waals surface area contributed by atoms with E-state index in [-0.39, 0.29) is 18.0 Å². The predicted octanol–water partition coefficient (Wildman–Crippen LogP) is 2.76. The van der Waals surface area contributed by atoms with Gasteiger partial charge in [-0.05, 0) is 36.5 Å². The van der Waals surface area contributed by atoms with Crippen LogP contribution in [0.25, 0.3) is 0 Å². The summed E-state index contributed by atoms with van der Waals surface area (Å²) in [5.41, 5.74) is -1.32. The number of piperazine rings is 1. The summed E-state index contributed by atoms with van der Waals surface area (Å²) in [6.45, 7) is 6.04. The second-order valence-electron chi connectivity index (χ2n) is 7.90. The zero-order valence-corrected chi connectivity index (χ0v) is 15.4. The van der Waals surface area contributed by atoms with Crippen LogP contribution in [0.3, 0.4) is 0 Å². The van der Waals surface area contributed by atoms with Crippen LogP contribution < -0.4 is 0 Å². The number of carboxylic acid groups (broad SMARTS) is 1. The van der Waals surface area contributed by atoms with E-state index < -0.39 is 38.9 Å². The van der Waals surface area contributed by atoms with Gasteiger partial charge in [0, 0.05) is 19.1 Å². The lowest BCUT2D eigenvalue weighted by molar-refractivity contribution is -0.00387. The minimum Gasteiger partial charge on any atom is -0.465 e. The smallest absolute Gasteiger partial charge is 0.407 e. The van der Waals surface area contributed by atoms with Crippen molar-refractivity contribution < 1.29 is 22.7 Å². The van der Waals surface area contributed by atoms with E-state index in [1.807, 2.05) is 20.8 Å². The van der Waals surface area contributed by atoms with Gasteiger partial charge in [0.05, 0.1) is 10.4 Å². The maximum Gasteiger partial charge on any atom is 0.407 e. The highest BCUT2D eigenvalue weighted by Crippen LogP contribution is 2.51. The normalized spacial score (nSPS) is 27.5. The largest absolute Gasteiger partial charge is 0.465 e. The number of sulfonamides is 1. The number of fused-ring (bicyclic) bond motifs is 2. The van der Waals surface area contributed by atoms with Gasteiger partial charge < -0.3 is 10.0 Å².